The Morgan fingerprint density at radius 1 is 1.56 bits per heavy atom. The van der Waals surface area contributed by atoms with Gasteiger partial charge in [-0.05, 0) is 32.8 Å². The monoisotopic (exact) mass is 223 g/mol. The minimum atomic E-state index is 0.465. The number of rotatable bonds is 6. The maximum atomic E-state index is 5.54. The molecule has 0 radical (unpaired) electrons. The Morgan fingerprint density at radius 3 is 3.00 bits per heavy atom. The largest absolute Gasteiger partial charge is 0.378 e. The highest BCUT2D eigenvalue weighted by molar-refractivity contribution is 4.88. The van der Waals surface area contributed by atoms with E-state index >= 15 is 0 Å². The Hall–Kier alpha value is -0.870. The number of hydrogen-bond acceptors (Lipinski definition) is 3. The summed E-state index contributed by atoms with van der Waals surface area (Å²) in [5.74, 6) is 0. The van der Waals surface area contributed by atoms with E-state index in [1.54, 1.807) is 0 Å². The van der Waals surface area contributed by atoms with Crippen LogP contribution in [0.1, 0.15) is 26.7 Å². The predicted octanol–water partition coefficient (Wildman–Crippen LogP) is 1.43. The number of ether oxygens (including phenoxy) is 1. The first kappa shape index (κ1) is 11.6. The molecule has 1 aliphatic carbocycles. The van der Waals surface area contributed by atoms with Gasteiger partial charge in [-0.2, -0.15) is 5.10 Å². The number of aromatic nitrogens is 2. The molecule has 1 aromatic rings. The Morgan fingerprint density at radius 2 is 2.38 bits per heavy atom. The van der Waals surface area contributed by atoms with Crippen molar-refractivity contribution < 1.29 is 4.74 Å². The molecule has 0 saturated heterocycles. The summed E-state index contributed by atoms with van der Waals surface area (Å²) in [6.07, 6.45) is 6.61. The number of hydrogen-bond donors (Lipinski definition) is 1. The summed E-state index contributed by atoms with van der Waals surface area (Å²) in [6.45, 7) is 6.03. The van der Waals surface area contributed by atoms with Crippen molar-refractivity contribution in [2.45, 2.75) is 51.4 Å². The number of nitrogens with zero attached hydrogens (tertiary/aromatic N) is 2. The highest BCUT2D eigenvalue weighted by Gasteiger charge is 2.30. The van der Waals surface area contributed by atoms with Crippen molar-refractivity contribution in [3.63, 3.8) is 0 Å². The Kier molecular flexibility index (Phi) is 3.96. The zero-order chi connectivity index (χ0) is 11.4. The van der Waals surface area contributed by atoms with Crippen LogP contribution in [0, 0.1) is 0 Å². The topological polar surface area (TPSA) is 39.1 Å². The summed E-state index contributed by atoms with van der Waals surface area (Å²) in [4.78, 5) is 0. The Balaban J connectivity index is 1.64. The lowest BCUT2D eigenvalue weighted by Gasteiger charge is -2.37. The van der Waals surface area contributed by atoms with E-state index in [0.29, 0.717) is 18.2 Å². The minimum Gasteiger partial charge on any atom is -0.378 e. The van der Waals surface area contributed by atoms with Crippen LogP contribution in [-0.2, 0) is 11.3 Å². The predicted molar refractivity (Wildman–Crippen MR) is 63.3 cm³/mol. The first-order valence-electron chi connectivity index (χ1n) is 6.13. The van der Waals surface area contributed by atoms with E-state index in [-0.39, 0.29) is 0 Å². The van der Waals surface area contributed by atoms with Gasteiger partial charge in [-0.15, -0.1) is 0 Å². The molecule has 0 spiro atoms. The summed E-state index contributed by atoms with van der Waals surface area (Å²) in [7, 11) is 0. The average Bonchev–Trinajstić information content (AvgIpc) is 2.67. The molecular weight excluding hydrogens is 202 g/mol. The molecule has 0 aromatic carbocycles. The lowest BCUT2D eigenvalue weighted by Crippen LogP contribution is -2.49. The normalized spacial score (nSPS) is 26.4. The van der Waals surface area contributed by atoms with E-state index < -0.39 is 0 Å². The second kappa shape index (κ2) is 5.46. The quantitative estimate of drug-likeness (QED) is 0.793. The fourth-order valence-corrected chi connectivity index (χ4v) is 2.22. The first-order valence-corrected chi connectivity index (χ1v) is 6.13. The molecule has 1 saturated carbocycles. The van der Waals surface area contributed by atoms with Gasteiger partial charge in [0.15, 0.2) is 0 Å². The van der Waals surface area contributed by atoms with E-state index in [2.05, 4.69) is 24.3 Å². The molecule has 16 heavy (non-hydrogen) atoms. The van der Waals surface area contributed by atoms with Crippen LogP contribution in [0.25, 0.3) is 0 Å². The summed E-state index contributed by atoms with van der Waals surface area (Å²) < 4.78 is 7.51. The van der Waals surface area contributed by atoms with Gasteiger partial charge in [-0.3, -0.25) is 4.68 Å². The van der Waals surface area contributed by atoms with Crippen LogP contribution in [0.5, 0.6) is 0 Å². The smallest absolute Gasteiger partial charge is 0.0604 e. The van der Waals surface area contributed by atoms with Crippen LogP contribution in [0.4, 0.5) is 0 Å². The van der Waals surface area contributed by atoms with Gasteiger partial charge >= 0.3 is 0 Å². The van der Waals surface area contributed by atoms with Crippen molar-refractivity contribution >= 4 is 0 Å². The molecule has 0 amide bonds. The molecule has 1 N–H and O–H groups in total. The van der Waals surface area contributed by atoms with E-state index in [1.807, 2.05) is 23.1 Å². The van der Waals surface area contributed by atoms with E-state index in [0.717, 1.165) is 26.0 Å². The Bertz CT molecular complexity index is 293. The Labute approximate surface area is 97.0 Å². The molecule has 1 unspecified atom stereocenters. The van der Waals surface area contributed by atoms with Crippen molar-refractivity contribution in [2.24, 2.45) is 0 Å². The van der Waals surface area contributed by atoms with Crippen LogP contribution in [-0.4, -0.2) is 34.6 Å². The van der Waals surface area contributed by atoms with Crippen molar-refractivity contribution in [3.05, 3.63) is 18.5 Å². The second-order valence-corrected chi connectivity index (χ2v) is 4.54. The molecular formula is C12H21N3O. The van der Waals surface area contributed by atoms with Crippen LogP contribution in [0.15, 0.2) is 18.5 Å². The third kappa shape index (κ3) is 3.06. The maximum Gasteiger partial charge on any atom is 0.0604 e. The van der Waals surface area contributed by atoms with E-state index in [1.165, 1.54) is 0 Å². The fraction of sp³-hybridized carbons (Fsp3) is 0.750. The highest BCUT2D eigenvalue weighted by Crippen LogP contribution is 2.23. The third-order valence-electron chi connectivity index (χ3n) is 3.04. The van der Waals surface area contributed by atoms with Gasteiger partial charge in [0.05, 0.1) is 12.6 Å². The molecule has 1 heterocycles. The minimum absolute atomic E-state index is 0.465. The molecule has 4 heteroatoms. The molecule has 2 rings (SSSR count). The van der Waals surface area contributed by atoms with E-state index in [4.69, 9.17) is 4.74 Å². The van der Waals surface area contributed by atoms with Crippen molar-refractivity contribution in [3.8, 4) is 0 Å². The van der Waals surface area contributed by atoms with Gasteiger partial charge in [-0.25, -0.2) is 0 Å². The molecule has 1 atom stereocenters. The van der Waals surface area contributed by atoms with E-state index in [9.17, 15) is 0 Å². The van der Waals surface area contributed by atoms with Crippen molar-refractivity contribution in [1.29, 1.82) is 0 Å². The van der Waals surface area contributed by atoms with Gasteiger partial charge in [0.1, 0.15) is 0 Å². The molecule has 4 nitrogen and oxygen atoms in total. The zero-order valence-electron chi connectivity index (χ0n) is 10.1. The van der Waals surface area contributed by atoms with Crippen LogP contribution >= 0.6 is 0 Å². The highest BCUT2D eigenvalue weighted by atomic mass is 16.5. The van der Waals surface area contributed by atoms with Gasteiger partial charge in [0.2, 0.25) is 0 Å². The van der Waals surface area contributed by atoms with Crippen LogP contribution < -0.4 is 5.32 Å². The van der Waals surface area contributed by atoms with Crippen molar-refractivity contribution in [1.82, 2.24) is 15.1 Å². The van der Waals surface area contributed by atoms with Crippen LogP contribution in [0.3, 0.4) is 0 Å². The molecule has 90 valence electrons. The SMILES string of the molecule is CCOC1CC(NC(C)Cn2cccn2)C1. The fourth-order valence-electron chi connectivity index (χ4n) is 2.22. The average molecular weight is 223 g/mol. The molecule has 1 fully saturated rings. The third-order valence-corrected chi connectivity index (χ3v) is 3.04. The molecule has 0 bridgehead atoms. The second-order valence-electron chi connectivity index (χ2n) is 4.54. The molecule has 1 aliphatic rings. The van der Waals surface area contributed by atoms with Crippen molar-refractivity contribution in [2.75, 3.05) is 6.61 Å². The summed E-state index contributed by atoms with van der Waals surface area (Å²) in [5.41, 5.74) is 0. The summed E-state index contributed by atoms with van der Waals surface area (Å²) in [6, 6.07) is 3.05. The zero-order valence-corrected chi connectivity index (χ0v) is 10.1. The van der Waals surface area contributed by atoms with Gasteiger partial charge in [0, 0.05) is 31.1 Å². The maximum absolute atomic E-state index is 5.54. The molecule has 0 aliphatic heterocycles. The molecule has 1 aromatic heterocycles. The lowest BCUT2D eigenvalue weighted by molar-refractivity contribution is -0.0124. The van der Waals surface area contributed by atoms with Crippen LogP contribution in [0.2, 0.25) is 0 Å². The standard InChI is InChI=1S/C12H21N3O/c1-3-16-12-7-11(8-12)14-10(2)9-15-6-4-5-13-15/h4-6,10-12,14H,3,7-9H2,1-2H3. The lowest BCUT2D eigenvalue weighted by atomic mass is 9.88. The van der Waals surface area contributed by atoms with Gasteiger partial charge < -0.3 is 10.1 Å². The first-order chi connectivity index (χ1) is 7.78. The van der Waals surface area contributed by atoms with Gasteiger partial charge in [0.25, 0.3) is 0 Å². The number of nitrogens with one attached hydrogen (secondary N) is 1. The summed E-state index contributed by atoms with van der Waals surface area (Å²) >= 11 is 0. The van der Waals surface area contributed by atoms with Gasteiger partial charge in [-0.1, -0.05) is 0 Å². The summed E-state index contributed by atoms with van der Waals surface area (Å²) in [5, 5.41) is 7.81.